The molecular formula is C18H26O3. The average Bonchev–Trinajstić information content (AvgIpc) is 2.43. The SMILES string of the molecule is COc1ccc(C(C)=O)cc1COC1CC(C)CC(C)C1. The zero-order valence-corrected chi connectivity index (χ0v) is 13.5. The molecule has 0 heterocycles. The minimum absolute atomic E-state index is 0.0683. The van der Waals surface area contributed by atoms with Crippen LogP contribution in [-0.4, -0.2) is 19.0 Å². The number of carbonyl (C=O) groups is 1. The number of hydrogen-bond acceptors (Lipinski definition) is 3. The second-order valence-corrected chi connectivity index (χ2v) is 6.43. The molecule has 3 heteroatoms. The van der Waals surface area contributed by atoms with Gasteiger partial charge in [-0.2, -0.15) is 0 Å². The van der Waals surface area contributed by atoms with Crippen molar-refractivity contribution < 1.29 is 14.3 Å². The summed E-state index contributed by atoms with van der Waals surface area (Å²) >= 11 is 0. The Kier molecular flexibility index (Phi) is 5.40. The molecular weight excluding hydrogens is 264 g/mol. The highest BCUT2D eigenvalue weighted by Crippen LogP contribution is 2.31. The van der Waals surface area contributed by atoms with Crippen molar-refractivity contribution in [2.24, 2.45) is 11.8 Å². The number of carbonyl (C=O) groups excluding carboxylic acids is 1. The van der Waals surface area contributed by atoms with Crippen LogP contribution in [0.25, 0.3) is 0 Å². The van der Waals surface area contributed by atoms with E-state index in [4.69, 9.17) is 9.47 Å². The molecule has 1 aromatic carbocycles. The minimum atomic E-state index is 0.0683. The predicted molar refractivity (Wildman–Crippen MR) is 83.8 cm³/mol. The Morgan fingerprint density at radius 2 is 1.86 bits per heavy atom. The van der Waals surface area contributed by atoms with Crippen molar-refractivity contribution in [1.82, 2.24) is 0 Å². The van der Waals surface area contributed by atoms with Crippen LogP contribution in [0.15, 0.2) is 18.2 Å². The topological polar surface area (TPSA) is 35.5 Å². The maximum absolute atomic E-state index is 11.5. The second kappa shape index (κ2) is 7.08. The summed E-state index contributed by atoms with van der Waals surface area (Å²) < 4.78 is 11.5. The van der Waals surface area contributed by atoms with Crippen LogP contribution >= 0.6 is 0 Å². The van der Waals surface area contributed by atoms with E-state index >= 15 is 0 Å². The van der Waals surface area contributed by atoms with Crippen LogP contribution in [0.1, 0.15) is 56.0 Å². The number of ketones is 1. The van der Waals surface area contributed by atoms with E-state index in [-0.39, 0.29) is 5.78 Å². The van der Waals surface area contributed by atoms with Crippen molar-refractivity contribution >= 4 is 5.78 Å². The van der Waals surface area contributed by atoms with Gasteiger partial charge >= 0.3 is 0 Å². The third kappa shape index (κ3) is 4.31. The molecule has 0 aromatic heterocycles. The van der Waals surface area contributed by atoms with Crippen molar-refractivity contribution in [3.8, 4) is 5.75 Å². The summed E-state index contributed by atoms with van der Waals surface area (Å²) in [6.07, 6.45) is 3.86. The zero-order valence-electron chi connectivity index (χ0n) is 13.5. The maximum Gasteiger partial charge on any atom is 0.159 e. The zero-order chi connectivity index (χ0) is 15.4. The molecule has 1 aliphatic rings. The summed E-state index contributed by atoms with van der Waals surface area (Å²) in [5, 5.41) is 0. The fourth-order valence-corrected chi connectivity index (χ4v) is 3.33. The van der Waals surface area contributed by atoms with Gasteiger partial charge in [-0.05, 0) is 56.2 Å². The minimum Gasteiger partial charge on any atom is -0.496 e. The summed E-state index contributed by atoms with van der Waals surface area (Å²) in [6.45, 7) is 6.68. The first-order valence-electron chi connectivity index (χ1n) is 7.79. The molecule has 0 spiro atoms. The number of hydrogen-bond donors (Lipinski definition) is 0. The Morgan fingerprint density at radius 1 is 1.19 bits per heavy atom. The van der Waals surface area contributed by atoms with Gasteiger partial charge in [0.1, 0.15) is 5.75 Å². The normalized spacial score (nSPS) is 25.6. The third-order valence-electron chi connectivity index (χ3n) is 4.30. The van der Waals surface area contributed by atoms with E-state index < -0.39 is 0 Å². The van der Waals surface area contributed by atoms with Crippen LogP contribution in [0.3, 0.4) is 0 Å². The molecule has 1 fully saturated rings. The Labute approximate surface area is 127 Å². The summed E-state index contributed by atoms with van der Waals surface area (Å²) in [5.41, 5.74) is 1.66. The molecule has 2 unspecified atom stereocenters. The summed E-state index contributed by atoms with van der Waals surface area (Å²) in [4.78, 5) is 11.5. The molecule has 1 aromatic rings. The highest BCUT2D eigenvalue weighted by atomic mass is 16.5. The van der Waals surface area contributed by atoms with Crippen molar-refractivity contribution in [3.05, 3.63) is 29.3 Å². The van der Waals surface area contributed by atoms with E-state index in [1.54, 1.807) is 20.1 Å². The monoisotopic (exact) mass is 290 g/mol. The molecule has 0 radical (unpaired) electrons. The van der Waals surface area contributed by atoms with Crippen LogP contribution in [-0.2, 0) is 11.3 Å². The molecule has 21 heavy (non-hydrogen) atoms. The van der Waals surface area contributed by atoms with Crippen molar-refractivity contribution in [1.29, 1.82) is 0 Å². The lowest BCUT2D eigenvalue weighted by Crippen LogP contribution is -2.26. The van der Waals surface area contributed by atoms with Crippen LogP contribution in [0, 0.1) is 11.8 Å². The van der Waals surface area contributed by atoms with E-state index in [1.165, 1.54) is 6.42 Å². The number of benzene rings is 1. The first-order chi connectivity index (χ1) is 9.99. The van der Waals surface area contributed by atoms with Gasteiger partial charge in [0, 0.05) is 11.1 Å². The molecule has 1 saturated carbocycles. The molecule has 3 nitrogen and oxygen atoms in total. The van der Waals surface area contributed by atoms with Gasteiger partial charge in [-0.15, -0.1) is 0 Å². The average molecular weight is 290 g/mol. The lowest BCUT2D eigenvalue weighted by atomic mass is 9.82. The van der Waals surface area contributed by atoms with Crippen molar-refractivity contribution in [2.75, 3.05) is 7.11 Å². The van der Waals surface area contributed by atoms with Crippen LogP contribution in [0.4, 0.5) is 0 Å². The number of Topliss-reactive ketones (excluding diaryl/α,β-unsaturated/α-hetero) is 1. The summed E-state index contributed by atoms with van der Waals surface area (Å²) in [6, 6.07) is 5.54. The third-order valence-corrected chi connectivity index (χ3v) is 4.30. The molecule has 0 amide bonds. The Morgan fingerprint density at radius 3 is 2.43 bits per heavy atom. The first-order valence-corrected chi connectivity index (χ1v) is 7.79. The van der Waals surface area contributed by atoms with Gasteiger partial charge in [0.2, 0.25) is 0 Å². The Balaban J connectivity index is 2.04. The van der Waals surface area contributed by atoms with Gasteiger partial charge in [0.25, 0.3) is 0 Å². The molecule has 1 aliphatic carbocycles. The van der Waals surface area contributed by atoms with Gasteiger partial charge in [-0.25, -0.2) is 0 Å². The number of ether oxygens (including phenoxy) is 2. The standard InChI is InChI=1S/C18H26O3/c1-12-7-13(2)9-17(8-12)21-11-16-10-15(14(3)19)5-6-18(16)20-4/h5-6,10,12-13,17H,7-9,11H2,1-4H3. The van der Waals surface area contributed by atoms with Gasteiger partial charge in [-0.1, -0.05) is 13.8 Å². The lowest BCUT2D eigenvalue weighted by Gasteiger charge is -2.31. The fourth-order valence-electron chi connectivity index (χ4n) is 3.33. The van der Waals surface area contributed by atoms with E-state index in [9.17, 15) is 4.79 Å². The molecule has 0 bridgehead atoms. The van der Waals surface area contributed by atoms with E-state index in [0.717, 1.165) is 36.0 Å². The van der Waals surface area contributed by atoms with Gasteiger partial charge < -0.3 is 9.47 Å². The Bertz CT molecular complexity index is 485. The molecule has 2 rings (SSSR count). The van der Waals surface area contributed by atoms with Crippen LogP contribution in [0.5, 0.6) is 5.75 Å². The maximum atomic E-state index is 11.5. The predicted octanol–water partition coefficient (Wildman–Crippen LogP) is 4.24. The van der Waals surface area contributed by atoms with Crippen molar-refractivity contribution in [2.45, 2.75) is 52.7 Å². The van der Waals surface area contributed by atoms with E-state index in [0.29, 0.717) is 18.3 Å². The quantitative estimate of drug-likeness (QED) is 0.761. The number of methoxy groups -OCH3 is 1. The van der Waals surface area contributed by atoms with Crippen molar-refractivity contribution in [3.63, 3.8) is 0 Å². The summed E-state index contributed by atoms with van der Waals surface area (Å²) in [7, 11) is 1.65. The van der Waals surface area contributed by atoms with Gasteiger partial charge in [0.05, 0.1) is 19.8 Å². The highest BCUT2D eigenvalue weighted by molar-refractivity contribution is 5.94. The largest absolute Gasteiger partial charge is 0.496 e. The van der Waals surface area contributed by atoms with E-state index in [2.05, 4.69) is 13.8 Å². The van der Waals surface area contributed by atoms with Gasteiger partial charge in [0.15, 0.2) is 5.78 Å². The Hall–Kier alpha value is -1.35. The second-order valence-electron chi connectivity index (χ2n) is 6.43. The molecule has 0 saturated heterocycles. The number of rotatable bonds is 5. The highest BCUT2D eigenvalue weighted by Gasteiger charge is 2.24. The fraction of sp³-hybridized carbons (Fsp3) is 0.611. The lowest BCUT2D eigenvalue weighted by molar-refractivity contribution is -0.00977. The summed E-state index contributed by atoms with van der Waals surface area (Å²) in [5.74, 6) is 2.31. The molecule has 0 N–H and O–H groups in total. The van der Waals surface area contributed by atoms with Crippen LogP contribution < -0.4 is 4.74 Å². The van der Waals surface area contributed by atoms with Gasteiger partial charge in [-0.3, -0.25) is 4.79 Å². The van der Waals surface area contributed by atoms with Crippen LogP contribution in [0.2, 0.25) is 0 Å². The molecule has 2 atom stereocenters. The van der Waals surface area contributed by atoms with E-state index in [1.807, 2.05) is 12.1 Å². The first kappa shape index (κ1) is 16.0. The molecule has 0 aliphatic heterocycles. The smallest absolute Gasteiger partial charge is 0.159 e. The molecule has 116 valence electrons.